The Labute approximate surface area is 105 Å². The number of hydrogen-bond acceptors (Lipinski definition) is 4. The van der Waals surface area contributed by atoms with Crippen molar-refractivity contribution >= 4 is 11.8 Å². The number of carbonyl (C=O) groups is 1. The lowest BCUT2D eigenvalue weighted by atomic mass is 10.2. The molecule has 2 rings (SSSR count). The van der Waals surface area contributed by atoms with E-state index in [1.54, 1.807) is 35.6 Å². The van der Waals surface area contributed by atoms with Crippen molar-refractivity contribution in [3.63, 3.8) is 0 Å². The molecule has 92 valence electrons. The number of rotatable bonds is 4. The van der Waals surface area contributed by atoms with E-state index in [-0.39, 0.29) is 5.56 Å². The Balaban J connectivity index is 2.24. The molecular weight excluding hydrogens is 230 g/mol. The Bertz CT molecular complexity index is 543. The van der Waals surface area contributed by atoms with Gasteiger partial charge in [-0.15, -0.1) is 0 Å². The molecule has 0 aliphatic heterocycles. The van der Waals surface area contributed by atoms with Crippen molar-refractivity contribution in [2.75, 3.05) is 11.9 Å². The van der Waals surface area contributed by atoms with Gasteiger partial charge in [-0.3, -0.25) is 4.98 Å². The fraction of sp³-hybridized carbons (Fsp3) is 0.154. The summed E-state index contributed by atoms with van der Waals surface area (Å²) >= 11 is 0. The molecule has 0 fully saturated rings. The molecule has 5 nitrogen and oxygen atoms in total. The average Bonchev–Trinajstić information content (AvgIpc) is 2.40. The van der Waals surface area contributed by atoms with Crippen LogP contribution in [0, 0.1) is 0 Å². The molecule has 5 heteroatoms. The Morgan fingerprint density at radius 1 is 1.33 bits per heavy atom. The summed E-state index contributed by atoms with van der Waals surface area (Å²) in [5.74, 6) is -0.523. The Morgan fingerprint density at radius 2 is 2.11 bits per heavy atom. The zero-order valence-corrected chi connectivity index (χ0v) is 9.95. The van der Waals surface area contributed by atoms with E-state index in [1.807, 2.05) is 19.2 Å². The highest BCUT2D eigenvalue weighted by Gasteiger charge is 2.14. The number of anilines is 1. The molecule has 2 heterocycles. The average molecular weight is 243 g/mol. The summed E-state index contributed by atoms with van der Waals surface area (Å²) < 4.78 is 0. The van der Waals surface area contributed by atoms with Crippen LogP contribution in [0.25, 0.3) is 0 Å². The van der Waals surface area contributed by atoms with Crippen molar-refractivity contribution in [3.8, 4) is 0 Å². The molecule has 2 aromatic heterocycles. The topological polar surface area (TPSA) is 66.3 Å². The van der Waals surface area contributed by atoms with Crippen LogP contribution in [0.4, 0.5) is 5.82 Å². The molecule has 0 atom stereocenters. The second-order valence-electron chi connectivity index (χ2n) is 3.90. The van der Waals surface area contributed by atoms with E-state index in [1.165, 1.54) is 0 Å². The van der Waals surface area contributed by atoms with Crippen LogP contribution in [0.5, 0.6) is 0 Å². The highest BCUT2D eigenvalue weighted by atomic mass is 16.4. The Hall–Kier alpha value is -2.43. The molecule has 0 aliphatic carbocycles. The summed E-state index contributed by atoms with van der Waals surface area (Å²) in [6, 6.07) is 6.95. The van der Waals surface area contributed by atoms with Gasteiger partial charge in [-0.05, 0) is 23.8 Å². The largest absolute Gasteiger partial charge is 0.478 e. The molecule has 0 saturated carbocycles. The highest BCUT2D eigenvalue weighted by Crippen LogP contribution is 2.17. The summed E-state index contributed by atoms with van der Waals surface area (Å²) in [5, 5.41) is 9.10. The van der Waals surface area contributed by atoms with E-state index in [0.717, 1.165) is 5.56 Å². The molecule has 0 saturated heterocycles. The number of hydrogen-bond donors (Lipinski definition) is 1. The summed E-state index contributed by atoms with van der Waals surface area (Å²) in [7, 11) is 1.81. The van der Waals surface area contributed by atoms with E-state index >= 15 is 0 Å². The second-order valence-corrected chi connectivity index (χ2v) is 3.90. The molecule has 0 aliphatic rings. The van der Waals surface area contributed by atoms with Gasteiger partial charge >= 0.3 is 5.97 Å². The van der Waals surface area contributed by atoms with Crippen LogP contribution in [0.2, 0.25) is 0 Å². The summed E-state index contributed by atoms with van der Waals surface area (Å²) in [5.41, 5.74) is 1.20. The molecule has 0 aromatic carbocycles. The second kappa shape index (κ2) is 5.27. The summed E-state index contributed by atoms with van der Waals surface area (Å²) in [6.07, 6.45) is 5.04. The molecular formula is C13H13N3O2. The molecule has 0 unspecified atom stereocenters. The van der Waals surface area contributed by atoms with Crippen molar-refractivity contribution in [1.29, 1.82) is 0 Å². The number of aromatic nitrogens is 2. The van der Waals surface area contributed by atoms with Gasteiger partial charge in [0.25, 0.3) is 0 Å². The predicted molar refractivity (Wildman–Crippen MR) is 67.5 cm³/mol. The fourth-order valence-electron chi connectivity index (χ4n) is 1.71. The minimum Gasteiger partial charge on any atom is -0.478 e. The van der Waals surface area contributed by atoms with Gasteiger partial charge in [0.05, 0.1) is 0 Å². The van der Waals surface area contributed by atoms with Crippen molar-refractivity contribution < 1.29 is 9.90 Å². The van der Waals surface area contributed by atoms with Crippen LogP contribution in [0.1, 0.15) is 15.9 Å². The van der Waals surface area contributed by atoms with Crippen molar-refractivity contribution in [1.82, 2.24) is 9.97 Å². The zero-order valence-electron chi connectivity index (χ0n) is 9.95. The van der Waals surface area contributed by atoms with Gasteiger partial charge in [0, 0.05) is 32.2 Å². The molecule has 0 amide bonds. The van der Waals surface area contributed by atoms with E-state index in [4.69, 9.17) is 5.11 Å². The lowest BCUT2D eigenvalue weighted by Gasteiger charge is -2.19. The first-order valence-corrected chi connectivity index (χ1v) is 5.47. The van der Waals surface area contributed by atoms with Crippen LogP contribution < -0.4 is 4.90 Å². The first-order chi connectivity index (χ1) is 8.68. The van der Waals surface area contributed by atoms with Crippen molar-refractivity contribution in [2.24, 2.45) is 0 Å². The monoisotopic (exact) mass is 243 g/mol. The van der Waals surface area contributed by atoms with Gasteiger partial charge in [0.1, 0.15) is 11.4 Å². The minimum absolute atomic E-state index is 0.198. The minimum atomic E-state index is -0.976. The van der Waals surface area contributed by atoms with E-state index in [9.17, 15) is 4.79 Å². The first kappa shape index (κ1) is 12.0. The smallest absolute Gasteiger partial charge is 0.339 e. The summed E-state index contributed by atoms with van der Waals surface area (Å²) in [6.45, 7) is 0.561. The maximum atomic E-state index is 11.1. The van der Waals surface area contributed by atoms with Crippen LogP contribution in [-0.2, 0) is 6.54 Å². The van der Waals surface area contributed by atoms with Gasteiger partial charge in [0.15, 0.2) is 0 Å². The highest BCUT2D eigenvalue weighted by molar-refractivity contribution is 5.93. The predicted octanol–water partition coefficient (Wildman–Crippen LogP) is 1.81. The van der Waals surface area contributed by atoms with E-state index < -0.39 is 5.97 Å². The number of pyridine rings is 2. The third-order valence-electron chi connectivity index (χ3n) is 2.52. The van der Waals surface area contributed by atoms with E-state index in [0.29, 0.717) is 12.4 Å². The van der Waals surface area contributed by atoms with Gasteiger partial charge < -0.3 is 10.0 Å². The Morgan fingerprint density at radius 3 is 2.78 bits per heavy atom. The van der Waals surface area contributed by atoms with Crippen LogP contribution in [-0.4, -0.2) is 28.1 Å². The van der Waals surface area contributed by atoms with Gasteiger partial charge in [-0.2, -0.15) is 0 Å². The van der Waals surface area contributed by atoms with Gasteiger partial charge in [-0.25, -0.2) is 9.78 Å². The fourth-order valence-corrected chi connectivity index (χ4v) is 1.71. The van der Waals surface area contributed by atoms with Gasteiger partial charge in [-0.1, -0.05) is 6.07 Å². The molecule has 0 radical (unpaired) electrons. The van der Waals surface area contributed by atoms with Crippen LogP contribution in [0.15, 0.2) is 42.9 Å². The molecule has 1 N–H and O–H groups in total. The Kier molecular flexibility index (Phi) is 3.52. The first-order valence-electron chi connectivity index (χ1n) is 5.47. The van der Waals surface area contributed by atoms with Crippen LogP contribution in [0.3, 0.4) is 0 Å². The maximum absolute atomic E-state index is 11.1. The zero-order chi connectivity index (χ0) is 13.0. The third kappa shape index (κ3) is 2.63. The van der Waals surface area contributed by atoms with Crippen molar-refractivity contribution in [2.45, 2.75) is 6.54 Å². The normalized spacial score (nSPS) is 10.1. The van der Waals surface area contributed by atoms with E-state index in [2.05, 4.69) is 9.97 Å². The van der Waals surface area contributed by atoms with Crippen molar-refractivity contribution in [3.05, 3.63) is 54.0 Å². The third-order valence-corrected chi connectivity index (χ3v) is 2.52. The summed E-state index contributed by atoms with van der Waals surface area (Å²) in [4.78, 5) is 21.0. The molecule has 2 aromatic rings. The number of nitrogens with zero attached hydrogens (tertiary/aromatic N) is 3. The standard InChI is InChI=1S/C13H13N3O2/c1-16(9-10-4-2-6-14-8-10)12-11(13(17)18)5-3-7-15-12/h2-8H,9H2,1H3,(H,17,18). The number of aromatic carboxylic acids is 1. The van der Waals surface area contributed by atoms with Gasteiger partial charge in [0.2, 0.25) is 0 Å². The number of carboxylic acids is 1. The molecule has 0 spiro atoms. The molecule has 0 bridgehead atoms. The quantitative estimate of drug-likeness (QED) is 0.887. The lowest BCUT2D eigenvalue weighted by molar-refractivity contribution is 0.0697. The maximum Gasteiger partial charge on any atom is 0.339 e. The lowest BCUT2D eigenvalue weighted by Crippen LogP contribution is -2.20. The number of carboxylic acid groups (broad SMARTS) is 1. The van der Waals surface area contributed by atoms with Crippen LogP contribution >= 0.6 is 0 Å². The molecule has 18 heavy (non-hydrogen) atoms. The SMILES string of the molecule is CN(Cc1cccnc1)c1ncccc1C(=O)O.